The lowest BCUT2D eigenvalue weighted by Gasteiger charge is -2.29. The molecule has 2 amide bonds. The van der Waals surface area contributed by atoms with Gasteiger partial charge in [0.1, 0.15) is 5.82 Å². The van der Waals surface area contributed by atoms with Gasteiger partial charge in [-0.1, -0.05) is 6.92 Å². The van der Waals surface area contributed by atoms with Gasteiger partial charge in [-0.2, -0.15) is 0 Å². The molecule has 1 fully saturated rings. The lowest BCUT2D eigenvalue weighted by molar-refractivity contribution is 0.122. The Morgan fingerprint density at radius 3 is 2.48 bits per heavy atom. The van der Waals surface area contributed by atoms with E-state index in [0.717, 1.165) is 42.1 Å². The minimum atomic E-state index is -0.324. The Hall–Kier alpha value is -3.52. The highest BCUT2D eigenvalue weighted by Gasteiger charge is 2.19. The average molecular weight is 419 g/mol. The first-order valence-corrected chi connectivity index (χ1v) is 10.4. The van der Waals surface area contributed by atoms with Crippen molar-refractivity contribution in [3.63, 3.8) is 0 Å². The monoisotopic (exact) mass is 418 g/mol. The normalized spacial score (nSPS) is 13.7. The first kappa shape index (κ1) is 20.7. The molecule has 4 rings (SSSR count). The predicted octanol–water partition coefficient (Wildman–Crippen LogP) is 3.89. The lowest BCUT2D eigenvalue weighted by atomic mass is 10.1. The number of nitrogens with zero attached hydrogens (tertiary/aromatic N) is 4. The minimum absolute atomic E-state index is 0.324. The van der Waals surface area contributed by atoms with Crippen LogP contribution in [0.2, 0.25) is 0 Å². The molecule has 1 aromatic carbocycles. The number of ether oxygens (including phenoxy) is 1. The maximum absolute atomic E-state index is 12.2. The van der Waals surface area contributed by atoms with Gasteiger partial charge < -0.3 is 20.3 Å². The van der Waals surface area contributed by atoms with Crippen molar-refractivity contribution in [1.82, 2.24) is 15.0 Å². The molecule has 0 spiro atoms. The number of amides is 2. The van der Waals surface area contributed by atoms with Crippen LogP contribution in [0.25, 0.3) is 11.4 Å². The Bertz CT molecular complexity index is 1030. The molecule has 0 radical (unpaired) electrons. The van der Waals surface area contributed by atoms with Crippen molar-refractivity contribution in [2.45, 2.75) is 20.3 Å². The van der Waals surface area contributed by atoms with Crippen molar-refractivity contribution in [2.24, 2.45) is 0 Å². The molecule has 3 heterocycles. The molecule has 2 N–H and O–H groups in total. The molecule has 8 heteroatoms. The van der Waals surface area contributed by atoms with E-state index in [-0.39, 0.29) is 6.03 Å². The maximum Gasteiger partial charge on any atom is 0.323 e. The van der Waals surface area contributed by atoms with Crippen LogP contribution in [0.3, 0.4) is 0 Å². The van der Waals surface area contributed by atoms with Crippen LogP contribution < -0.4 is 15.5 Å². The summed E-state index contributed by atoms with van der Waals surface area (Å²) >= 11 is 0. The van der Waals surface area contributed by atoms with Gasteiger partial charge in [-0.3, -0.25) is 4.98 Å². The van der Waals surface area contributed by atoms with E-state index in [1.54, 1.807) is 24.5 Å². The number of anilines is 3. The molecular weight excluding hydrogens is 392 g/mol. The molecule has 31 heavy (non-hydrogen) atoms. The fourth-order valence-electron chi connectivity index (χ4n) is 3.54. The average Bonchev–Trinajstić information content (AvgIpc) is 2.81. The highest BCUT2D eigenvalue weighted by Crippen LogP contribution is 2.26. The fraction of sp³-hybridized carbons (Fsp3) is 0.304. The number of hydrogen-bond donors (Lipinski definition) is 2. The van der Waals surface area contributed by atoms with Crippen molar-refractivity contribution in [3.8, 4) is 11.4 Å². The molecule has 0 aliphatic carbocycles. The molecule has 0 bridgehead atoms. The van der Waals surface area contributed by atoms with Crippen molar-refractivity contribution in [1.29, 1.82) is 0 Å². The summed E-state index contributed by atoms with van der Waals surface area (Å²) < 4.78 is 5.49. The fourth-order valence-corrected chi connectivity index (χ4v) is 3.54. The van der Waals surface area contributed by atoms with E-state index in [1.165, 1.54) is 0 Å². The smallest absolute Gasteiger partial charge is 0.323 e. The number of aryl methyl sites for hydroxylation is 1. The summed E-state index contributed by atoms with van der Waals surface area (Å²) in [6.45, 7) is 7.27. The third kappa shape index (κ3) is 4.97. The summed E-state index contributed by atoms with van der Waals surface area (Å²) in [5.74, 6) is 1.67. The van der Waals surface area contributed by atoms with Gasteiger partial charge in [0.25, 0.3) is 0 Å². The number of carbonyl (C=O) groups excluding carboxylic acids is 1. The van der Waals surface area contributed by atoms with Gasteiger partial charge >= 0.3 is 6.03 Å². The van der Waals surface area contributed by atoms with Gasteiger partial charge in [0, 0.05) is 41.8 Å². The summed E-state index contributed by atoms with van der Waals surface area (Å²) in [4.78, 5) is 28.1. The zero-order valence-electron chi connectivity index (χ0n) is 17.8. The Morgan fingerprint density at radius 1 is 1.06 bits per heavy atom. The summed E-state index contributed by atoms with van der Waals surface area (Å²) in [6, 6.07) is 10.8. The van der Waals surface area contributed by atoms with Crippen molar-refractivity contribution >= 4 is 23.2 Å². The maximum atomic E-state index is 12.2. The zero-order chi connectivity index (χ0) is 21.6. The third-order valence-electron chi connectivity index (χ3n) is 5.19. The second kappa shape index (κ2) is 9.53. The molecule has 3 aromatic rings. The highest BCUT2D eigenvalue weighted by atomic mass is 16.5. The first-order valence-electron chi connectivity index (χ1n) is 10.4. The molecule has 0 saturated carbocycles. The van der Waals surface area contributed by atoms with Gasteiger partial charge in [0.2, 0.25) is 0 Å². The molecule has 8 nitrogen and oxygen atoms in total. The number of urea groups is 1. The van der Waals surface area contributed by atoms with Crippen molar-refractivity contribution in [3.05, 3.63) is 60.0 Å². The minimum Gasteiger partial charge on any atom is -0.378 e. The number of pyridine rings is 1. The van der Waals surface area contributed by atoms with Gasteiger partial charge in [-0.15, -0.1) is 0 Å². The summed E-state index contributed by atoms with van der Waals surface area (Å²) in [7, 11) is 0. The third-order valence-corrected chi connectivity index (χ3v) is 5.19. The van der Waals surface area contributed by atoms with Gasteiger partial charge in [0.15, 0.2) is 5.82 Å². The lowest BCUT2D eigenvalue weighted by Crippen LogP contribution is -2.37. The van der Waals surface area contributed by atoms with Gasteiger partial charge in [0.05, 0.1) is 25.1 Å². The van der Waals surface area contributed by atoms with E-state index in [9.17, 15) is 4.79 Å². The van der Waals surface area contributed by atoms with Crippen LogP contribution in [-0.4, -0.2) is 47.3 Å². The van der Waals surface area contributed by atoms with Gasteiger partial charge in [-0.25, -0.2) is 14.8 Å². The van der Waals surface area contributed by atoms with Crippen LogP contribution in [0, 0.1) is 6.92 Å². The molecule has 1 aliphatic heterocycles. The second-order valence-corrected chi connectivity index (χ2v) is 7.29. The number of carbonyl (C=O) groups is 1. The zero-order valence-corrected chi connectivity index (χ0v) is 17.8. The largest absolute Gasteiger partial charge is 0.378 e. The van der Waals surface area contributed by atoms with E-state index < -0.39 is 0 Å². The second-order valence-electron chi connectivity index (χ2n) is 7.29. The van der Waals surface area contributed by atoms with E-state index in [1.807, 2.05) is 24.3 Å². The predicted molar refractivity (Wildman–Crippen MR) is 121 cm³/mol. The number of aromatic nitrogens is 3. The highest BCUT2D eigenvalue weighted by molar-refractivity contribution is 5.99. The molecule has 0 atom stereocenters. The summed E-state index contributed by atoms with van der Waals surface area (Å²) in [5.41, 5.74) is 4.39. The van der Waals surface area contributed by atoms with Crippen molar-refractivity contribution < 1.29 is 9.53 Å². The number of rotatable bonds is 5. The topological polar surface area (TPSA) is 92.3 Å². The molecular formula is C23H26N6O2. The Morgan fingerprint density at radius 2 is 1.81 bits per heavy atom. The van der Waals surface area contributed by atoms with E-state index in [4.69, 9.17) is 14.7 Å². The Labute approximate surface area is 181 Å². The summed E-state index contributed by atoms with van der Waals surface area (Å²) in [5, 5.41) is 5.57. The van der Waals surface area contributed by atoms with E-state index in [2.05, 4.69) is 34.4 Å². The molecule has 1 aliphatic rings. The first-order chi connectivity index (χ1) is 15.1. The van der Waals surface area contributed by atoms with Crippen LogP contribution >= 0.6 is 0 Å². The Balaban J connectivity index is 1.52. The van der Waals surface area contributed by atoms with Crippen LogP contribution in [0.15, 0.2) is 48.8 Å². The molecule has 0 unspecified atom stereocenters. The summed E-state index contributed by atoms with van der Waals surface area (Å²) in [6.07, 6.45) is 4.09. The number of nitrogens with one attached hydrogen (secondary N) is 2. The van der Waals surface area contributed by atoms with E-state index >= 15 is 0 Å². The van der Waals surface area contributed by atoms with Crippen LogP contribution in [0.1, 0.15) is 18.2 Å². The SMILES string of the molecule is CCc1nc(-c2ccc(NC(=O)Nc3cccnc3)cc2)nc(N2CCOCC2)c1C. The van der Waals surface area contributed by atoms with Gasteiger partial charge in [-0.05, 0) is 49.7 Å². The quantitative estimate of drug-likeness (QED) is 0.653. The van der Waals surface area contributed by atoms with E-state index in [0.29, 0.717) is 30.4 Å². The number of morpholine rings is 1. The van der Waals surface area contributed by atoms with Crippen LogP contribution in [0.5, 0.6) is 0 Å². The van der Waals surface area contributed by atoms with Crippen LogP contribution in [0.4, 0.5) is 22.0 Å². The molecule has 1 saturated heterocycles. The Kier molecular flexibility index (Phi) is 6.37. The molecule has 160 valence electrons. The molecule has 2 aromatic heterocycles. The number of hydrogen-bond acceptors (Lipinski definition) is 6. The van der Waals surface area contributed by atoms with Crippen LogP contribution in [-0.2, 0) is 11.2 Å². The number of benzene rings is 1. The van der Waals surface area contributed by atoms with Crippen molar-refractivity contribution in [2.75, 3.05) is 41.8 Å². The standard InChI is InChI=1S/C23H26N6O2/c1-3-20-16(2)22(29-11-13-31-14-12-29)28-21(27-20)17-6-8-18(9-7-17)25-23(30)26-19-5-4-10-24-15-19/h4-10,15H,3,11-14H2,1-2H3,(H2,25,26,30).